The zero-order chi connectivity index (χ0) is 11.7. The summed E-state index contributed by atoms with van der Waals surface area (Å²) in [6.07, 6.45) is 7.67. The number of unbranched alkanes of at least 4 members (excludes halogenated alkanes) is 1. The first-order valence-corrected chi connectivity index (χ1v) is 6.74. The van der Waals surface area contributed by atoms with Gasteiger partial charge in [-0.25, -0.2) is 0 Å². The molecule has 0 radical (unpaired) electrons. The molecule has 0 bridgehead atoms. The molecule has 1 nitrogen and oxygen atoms in total. The highest BCUT2D eigenvalue weighted by Crippen LogP contribution is 2.25. The third-order valence-corrected chi connectivity index (χ3v) is 3.27. The molecule has 0 rings (SSSR count). The Bertz CT molecular complexity index is 131. The van der Waals surface area contributed by atoms with Gasteiger partial charge < -0.3 is 5.11 Å². The molecular weight excluding hydrogens is 184 g/mol. The zero-order valence-corrected chi connectivity index (χ0v) is 11.1. The molecule has 0 aromatic carbocycles. The van der Waals surface area contributed by atoms with Crippen LogP contribution in [0.25, 0.3) is 0 Å². The van der Waals surface area contributed by atoms with Gasteiger partial charge in [-0.15, -0.1) is 0 Å². The molecule has 0 spiro atoms. The molecule has 1 heteroatoms. The molecule has 0 aliphatic carbocycles. The Morgan fingerprint density at radius 3 is 2.07 bits per heavy atom. The Balaban J connectivity index is 3.88. The first-order chi connectivity index (χ1) is 7.13. The Kier molecular flexibility index (Phi) is 9.18. The van der Waals surface area contributed by atoms with Crippen molar-refractivity contribution in [2.24, 2.45) is 17.8 Å². The first kappa shape index (κ1) is 15.0. The summed E-state index contributed by atoms with van der Waals surface area (Å²) in [5, 5.41) is 9.34. The van der Waals surface area contributed by atoms with Crippen LogP contribution in [0, 0.1) is 17.8 Å². The average Bonchev–Trinajstić information content (AvgIpc) is 2.21. The minimum Gasteiger partial charge on any atom is -0.396 e. The van der Waals surface area contributed by atoms with Crippen molar-refractivity contribution in [3.63, 3.8) is 0 Å². The van der Waals surface area contributed by atoms with Crippen LogP contribution in [0.3, 0.4) is 0 Å². The second-order valence-corrected chi connectivity index (χ2v) is 5.33. The van der Waals surface area contributed by atoms with E-state index in [4.69, 9.17) is 0 Å². The number of hydrogen-bond donors (Lipinski definition) is 1. The zero-order valence-electron chi connectivity index (χ0n) is 11.1. The smallest absolute Gasteiger partial charge is 0.0459 e. The van der Waals surface area contributed by atoms with Gasteiger partial charge in [0.2, 0.25) is 0 Å². The monoisotopic (exact) mass is 214 g/mol. The summed E-state index contributed by atoms with van der Waals surface area (Å²) in [6.45, 7) is 9.40. The maximum absolute atomic E-state index is 9.34. The molecule has 0 saturated heterocycles. The lowest BCUT2D eigenvalue weighted by Gasteiger charge is -2.22. The Morgan fingerprint density at radius 1 is 1.00 bits per heavy atom. The summed E-state index contributed by atoms with van der Waals surface area (Å²) >= 11 is 0. The van der Waals surface area contributed by atoms with E-state index in [1.165, 1.54) is 38.5 Å². The Hall–Kier alpha value is -0.0400. The van der Waals surface area contributed by atoms with Crippen molar-refractivity contribution >= 4 is 0 Å². The van der Waals surface area contributed by atoms with Crippen molar-refractivity contribution in [1.29, 1.82) is 0 Å². The Morgan fingerprint density at radius 2 is 1.67 bits per heavy atom. The van der Waals surface area contributed by atoms with Gasteiger partial charge in [0.1, 0.15) is 0 Å². The molecule has 0 aromatic heterocycles. The number of aliphatic hydroxyl groups is 1. The van der Waals surface area contributed by atoms with Crippen LogP contribution < -0.4 is 0 Å². The van der Waals surface area contributed by atoms with Crippen LogP contribution in [0.2, 0.25) is 0 Å². The third-order valence-electron chi connectivity index (χ3n) is 3.27. The normalized spacial score (nSPS) is 15.6. The quantitative estimate of drug-likeness (QED) is 0.608. The van der Waals surface area contributed by atoms with Crippen molar-refractivity contribution in [3.05, 3.63) is 0 Å². The molecule has 2 unspecified atom stereocenters. The lowest BCUT2D eigenvalue weighted by molar-refractivity contribution is 0.175. The standard InChI is InChI=1S/C14H30O/c1-5-7-8-13(6-2)10-14(11-15)9-12(3)4/h12-15H,5-11H2,1-4H3. The lowest BCUT2D eigenvalue weighted by Crippen LogP contribution is -2.14. The molecule has 0 aromatic rings. The molecule has 1 N–H and O–H groups in total. The fourth-order valence-electron chi connectivity index (χ4n) is 2.36. The van der Waals surface area contributed by atoms with E-state index in [-0.39, 0.29) is 0 Å². The fraction of sp³-hybridized carbons (Fsp3) is 1.00. The van der Waals surface area contributed by atoms with Gasteiger partial charge in [-0.3, -0.25) is 0 Å². The van der Waals surface area contributed by atoms with Crippen LogP contribution in [0.4, 0.5) is 0 Å². The van der Waals surface area contributed by atoms with E-state index in [0.29, 0.717) is 18.4 Å². The summed E-state index contributed by atoms with van der Waals surface area (Å²) in [6, 6.07) is 0. The molecule has 15 heavy (non-hydrogen) atoms. The highest BCUT2D eigenvalue weighted by atomic mass is 16.3. The predicted octanol–water partition coefficient (Wildman–Crippen LogP) is 4.25. The van der Waals surface area contributed by atoms with Gasteiger partial charge in [0, 0.05) is 6.61 Å². The molecule has 0 amide bonds. The molecule has 0 heterocycles. The van der Waals surface area contributed by atoms with E-state index in [9.17, 15) is 5.11 Å². The lowest BCUT2D eigenvalue weighted by atomic mass is 9.85. The summed E-state index contributed by atoms with van der Waals surface area (Å²) in [5.74, 6) is 2.08. The van der Waals surface area contributed by atoms with Gasteiger partial charge in [-0.1, -0.05) is 53.4 Å². The van der Waals surface area contributed by atoms with E-state index in [1.54, 1.807) is 0 Å². The van der Waals surface area contributed by atoms with Crippen molar-refractivity contribution in [2.75, 3.05) is 6.61 Å². The fourth-order valence-corrected chi connectivity index (χ4v) is 2.36. The molecule has 0 fully saturated rings. The molecule has 0 saturated carbocycles. The van der Waals surface area contributed by atoms with Gasteiger partial charge in [0.15, 0.2) is 0 Å². The minimum absolute atomic E-state index is 0.376. The van der Waals surface area contributed by atoms with E-state index in [0.717, 1.165) is 5.92 Å². The van der Waals surface area contributed by atoms with E-state index in [2.05, 4.69) is 27.7 Å². The number of rotatable bonds is 9. The van der Waals surface area contributed by atoms with Crippen LogP contribution in [0.5, 0.6) is 0 Å². The molecular formula is C14H30O. The van der Waals surface area contributed by atoms with Crippen LogP contribution in [0.1, 0.15) is 66.2 Å². The first-order valence-electron chi connectivity index (χ1n) is 6.74. The van der Waals surface area contributed by atoms with Gasteiger partial charge in [0.05, 0.1) is 0 Å². The average molecular weight is 214 g/mol. The molecule has 2 atom stereocenters. The highest BCUT2D eigenvalue weighted by molar-refractivity contribution is 4.66. The van der Waals surface area contributed by atoms with E-state index < -0.39 is 0 Å². The van der Waals surface area contributed by atoms with E-state index in [1.807, 2.05) is 0 Å². The van der Waals surface area contributed by atoms with E-state index >= 15 is 0 Å². The van der Waals surface area contributed by atoms with Crippen molar-refractivity contribution in [3.8, 4) is 0 Å². The van der Waals surface area contributed by atoms with Gasteiger partial charge in [0.25, 0.3) is 0 Å². The van der Waals surface area contributed by atoms with Crippen molar-refractivity contribution in [2.45, 2.75) is 66.2 Å². The molecule has 0 aliphatic rings. The van der Waals surface area contributed by atoms with Crippen LogP contribution >= 0.6 is 0 Å². The summed E-state index contributed by atoms with van der Waals surface area (Å²) in [4.78, 5) is 0. The van der Waals surface area contributed by atoms with Crippen LogP contribution in [-0.4, -0.2) is 11.7 Å². The van der Waals surface area contributed by atoms with Gasteiger partial charge in [-0.05, 0) is 30.6 Å². The Labute approximate surface area is 96.3 Å². The second-order valence-electron chi connectivity index (χ2n) is 5.33. The summed E-state index contributed by atoms with van der Waals surface area (Å²) in [7, 11) is 0. The minimum atomic E-state index is 0.376. The van der Waals surface area contributed by atoms with Crippen molar-refractivity contribution < 1.29 is 5.11 Å². The maximum Gasteiger partial charge on any atom is 0.0459 e. The SMILES string of the molecule is CCCCC(CC)CC(CO)CC(C)C. The largest absolute Gasteiger partial charge is 0.396 e. The summed E-state index contributed by atoms with van der Waals surface area (Å²) < 4.78 is 0. The molecule has 0 aliphatic heterocycles. The van der Waals surface area contributed by atoms with Crippen molar-refractivity contribution in [1.82, 2.24) is 0 Å². The van der Waals surface area contributed by atoms with Gasteiger partial charge >= 0.3 is 0 Å². The highest BCUT2D eigenvalue weighted by Gasteiger charge is 2.15. The number of aliphatic hydroxyl groups excluding tert-OH is 1. The second kappa shape index (κ2) is 9.21. The van der Waals surface area contributed by atoms with Crippen LogP contribution in [0.15, 0.2) is 0 Å². The number of hydrogen-bond acceptors (Lipinski definition) is 1. The van der Waals surface area contributed by atoms with Crippen LogP contribution in [-0.2, 0) is 0 Å². The third kappa shape index (κ3) is 7.84. The predicted molar refractivity (Wildman–Crippen MR) is 68.0 cm³/mol. The topological polar surface area (TPSA) is 20.2 Å². The summed E-state index contributed by atoms with van der Waals surface area (Å²) in [5.41, 5.74) is 0. The maximum atomic E-state index is 9.34. The molecule has 92 valence electrons. The van der Waals surface area contributed by atoms with Gasteiger partial charge in [-0.2, -0.15) is 0 Å².